The molecule has 4 rings (SSSR count). The number of amides is 2. The molecule has 11 heteroatoms. The van der Waals surface area contributed by atoms with Crippen molar-refractivity contribution in [2.24, 2.45) is 0 Å². The molecule has 1 aliphatic heterocycles. The van der Waals surface area contributed by atoms with Crippen molar-refractivity contribution in [3.63, 3.8) is 0 Å². The number of carbonyl (C=O) groups is 2. The van der Waals surface area contributed by atoms with Crippen LogP contribution in [0.25, 0.3) is 11.4 Å². The summed E-state index contributed by atoms with van der Waals surface area (Å²) in [4.78, 5) is 31.2. The van der Waals surface area contributed by atoms with Crippen molar-refractivity contribution in [1.82, 2.24) is 29.9 Å². The van der Waals surface area contributed by atoms with Crippen LogP contribution in [0.4, 0.5) is 10.7 Å². The number of aromatic nitrogens is 5. The predicted octanol–water partition coefficient (Wildman–Crippen LogP) is 3.71. The van der Waals surface area contributed by atoms with E-state index in [-0.39, 0.29) is 23.8 Å². The number of nitrogens with zero attached hydrogens (tertiary/aromatic N) is 5. The highest BCUT2D eigenvalue weighted by Crippen LogP contribution is 2.22. The molecular weight excluding hydrogens is 434 g/mol. The Labute approximate surface area is 189 Å². The van der Waals surface area contributed by atoms with Gasteiger partial charge in [-0.15, -0.1) is 5.10 Å². The van der Waals surface area contributed by atoms with E-state index in [1.807, 2.05) is 27.7 Å². The lowest BCUT2D eigenvalue weighted by Gasteiger charge is -2.35. The van der Waals surface area contributed by atoms with E-state index in [9.17, 15) is 9.59 Å². The van der Waals surface area contributed by atoms with Gasteiger partial charge in [-0.3, -0.25) is 24.8 Å². The van der Waals surface area contributed by atoms with Crippen LogP contribution in [0.1, 0.15) is 43.9 Å². The third-order valence-electron chi connectivity index (χ3n) is 4.85. The second-order valence-corrected chi connectivity index (χ2v) is 9.07. The van der Waals surface area contributed by atoms with Gasteiger partial charge in [0, 0.05) is 10.6 Å². The molecule has 3 heterocycles. The van der Waals surface area contributed by atoms with Gasteiger partial charge in [0.05, 0.1) is 24.8 Å². The molecule has 2 N–H and O–H groups in total. The lowest BCUT2D eigenvalue weighted by atomic mass is 10.2. The Morgan fingerprint density at radius 2 is 1.97 bits per heavy atom. The number of ether oxygens (including phenoxy) is 1. The van der Waals surface area contributed by atoms with Crippen LogP contribution < -0.4 is 5.32 Å². The van der Waals surface area contributed by atoms with Crippen molar-refractivity contribution in [3.05, 3.63) is 46.7 Å². The van der Waals surface area contributed by atoms with E-state index in [1.165, 1.54) is 0 Å². The van der Waals surface area contributed by atoms with Crippen molar-refractivity contribution < 1.29 is 14.3 Å². The second kappa shape index (κ2) is 8.27. The maximum Gasteiger partial charge on any atom is 0.410 e. The summed E-state index contributed by atoms with van der Waals surface area (Å²) in [6.45, 7) is 8.16. The minimum atomic E-state index is -0.582. The number of benzene rings is 1. The van der Waals surface area contributed by atoms with Gasteiger partial charge in [-0.05, 0) is 58.0 Å². The molecule has 2 amide bonds. The average molecular weight is 458 g/mol. The van der Waals surface area contributed by atoms with Gasteiger partial charge in [0.15, 0.2) is 11.5 Å². The van der Waals surface area contributed by atoms with E-state index in [2.05, 4.69) is 25.6 Å². The number of hydrogen-bond donors (Lipinski definition) is 2. The Kier molecular flexibility index (Phi) is 5.64. The molecule has 2 aromatic heterocycles. The normalized spacial score (nSPS) is 15.9. The predicted molar refractivity (Wildman–Crippen MR) is 118 cm³/mol. The zero-order valence-corrected chi connectivity index (χ0v) is 19.0. The van der Waals surface area contributed by atoms with Gasteiger partial charge in [0.2, 0.25) is 5.95 Å². The number of carbonyl (C=O) groups excluding carboxylic acids is 2. The summed E-state index contributed by atoms with van der Waals surface area (Å²) in [5, 5.41) is 14.5. The molecule has 3 aromatic rings. The van der Waals surface area contributed by atoms with E-state index in [1.54, 1.807) is 39.9 Å². The zero-order valence-electron chi connectivity index (χ0n) is 18.2. The fraction of sp³-hybridized carbons (Fsp3) is 0.381. The van der Waals surface area contributed by atoms with E-state index in [0.717, 1.165) is 11.3 Å². The first-order chi connectivity index (χ1) is 15.1. The molecule has 0 saturated carbocycles. The van der Waals surface area contributed by atoms with Crippen LogP contribution in [0, 0.1) is 0 Å². The van der Waals surface area contributed by atoms with Gasteiger partial charge in [0.1, 0.15) is 5.60 Å². The van der Waals surface area contributed by atoms with Gasteiger partial charge in [0.25, 0.3) is 5.91 Å². The molecule has 1 atom stereocenters. The zero-order chi connectivity index (χ0) is 23.0. The lowest BCUT2D eigenvalue weighted by molar-refractivity contribution is 0.00904. The molecule has 168 valence electrons. The Bertz CT molecular complexity index is 1150. The van der Waals surface area contributed by atoms with Crippen LogP contribution in [0.15, 0.2) is 30.3 Å². The summed E-state index contributed by atoms with van der Waals surface area (Å²) in [5.74, 6) is 0.197. The average Bonchev–Trinajstić information content (AvgIpc) is 3.33. The lowest BCUT2D eigenvalue weighted by Crippen LogP contribution is -2.46. The first-order valence-electron chi connectivity index (χ1n) is 10.1. The molecule has 0 saturated heterocycles. The number of H-pyrrole nitrogens is 1. The van der Waals surface area contributed by atoms with Gasteiger partial charge in [-0.25, -0.2) is 4.79 Å². The van der Waals surface area contributed by atoms with E-state index in [4.69, 9.17) is 16.3 Å². The molecule has 1 aromatic carbocycles. The monoisotopic (exact) mass is 457 g/mol. The summed E-state index contributed by atoms with van der Waals surface area (Å²) in [7, 11) is 0. The third-order valence-corrected chi connectivity index (χ3v) is 5.11. The molecule has 0 radical (unpaired) electrons. The highest BCUT2D eigenvalue weighted by Gasteiger charge is 2.32. The van der Waals surface area contributed by atoms with Crippen molar-refractivity contribution in [2.45, 2.75) is 52.4 Å². The number of fused-ring (bicyclic) bond motifs is 1. The molecule has 0 aliphatic carbocycles. The Balaban J connectivity index is 1.45. The first kappa shape index (κ1) is 21.8. The Morgan fingerprint density at radius 3 is 2.66 bits per heavy atom. The summed E-state index contributed by atoms with van der Waals surface area (Å²) in [5.41, 5.74) is 1.17. The standard InChI is InChI=1S/C21H24ClN7O3/c1-12-10-29-15(11-28(12)20(31)32-21(2,3)4)9-16(27-29)18(30)24-19-23-17(25-26-19)13-5-7-14(22)8-6-13/h5-9,12H,10-11H2,1-4H3,(H2,23,24,25,26,30). The van der Waals surface area contributed by atoms with Crippen LogP contribution in [-0.4, -0.2) is 53.5 Å². The summed E-state index contributed by atoms with van der Waals surface area (Å²) < 4.78 is 7.23. The van der Waals surface area contributed by atoms with Crippen molar-refractivity contribution in [1.29, 1.82) is 0 Å². The maximum atomic E-state index is 12.7. The molecule has 1 aliphatic rings. The van der Waals surface area contributed by atoms with Crippen molar-refractivity contribution >= 4 is 29.5 Å². The smallest absolute Gasteiger partial charge is 0.410 e. The van der Waals surface area contributed by atoms with Crippen molar-refractivity contribution in [3.8, 4) is 11.4 Å². The molecule has 1 unspecified atom stereocenters. The van der Waals surface area contributed by atoms with Gasteiger partial charge < -0.3 is 4.74 Å². The van der Waals surface area contributed by atoms with Gasteiger partial charge in [-0.2, -0.15) is 10.1 Å². The minimum Gasteiger partial charge on any atom is -0.444 e. The molecule has 10 nitrogen and oxygen atoms in total. The van der Waals surface area contributed by atoms with E-state index < -0.39 is 11.5 Å². The Hall–Kier alpha value is -3.40. The van der Waals surface area contributed by atoms with Gasteiger partial charge >= 0.3 is 6.09 Å². The number of nitrogens with one attached hydrogen (secondary N) is 2. The third kappa shape index (κ3) is 4.75. The van der Waals surface area contributed by atoms with Gasteiger partial charge in [-0.1, -0.05) is 11.6 Å². The van der Waals surface area contributed by atoms with E-state index in [0.29, 0.717) is 23.9 Å². The summed E-state index contributed by atoms with van der Waals surface area (Å²) in [6.07, 6.45) is -0.390. The van der Waals surface area contributed by atoms with Crippen molar-refractivity contribution in [2.75, 3.05) is 5.32 Å². The van der Waals surface area contributed by atoms with Crippen LogP contribution in [0.5, 0.6) is 0 Å². The second-order valence-electron chi connectivity index (χ2n) is 8.63. The fourth-order valence-electron chi connectivity index (χ4n) is 3.32. The van der Waals surface area contributed by atoms with Crippen LogP contribution in [-0.2, 0) is 17.8 Å². The quantitative estimate of drug-likeness (QED) is 0.618. The summed E-state index contributed by atoms with van der Waals surface area (Å²) in [6, 6.07) is 8.63. The molecule has 0 bridgehead atoms. The van der Waals surface area contributed by atoms with Crippen LogP contribution >= 0.6 is 11.6 Å². The minimum absolute atomic E-state index is 0.122. The number of hydrogen-bond acceptors (Lipinski definition) is 6. The first-order valence-corrected chi connectivity index (χ1v) is 10.5. The maximum absolute atomic E-state index is 12.7. The number of anilines is 1. The highest BCUT2D eigenvalue weighted by atomic mass is 35.5. The number of halogens is 1. The number of aromatic amines is 1. The topological polar surface area (TPSA) is 118 Å². The highest BCUT2D eigenvalue weighted by molar-refractivity contribution is 6.30. The van der Waals surface area contributed by atoms with E-state index >= 15 is 0 Å². The Morgan fingerprint density at radius 1 is 1.25 bits per heavy atom. The molecular formula is C21H24ClN7O3. The van der Waals surface area contributed by atoms with Crippen LogP contribution in [0.3, 0.4) is 0 Å². The molecule has 0 spiro atoms. The summed E-state index contributed by atoms with van der Waals surface area (Å²) >= 11 is 5.91. The largest absolute Gasteiger partial charge is 0.444 e. The molecule has 0 fully saturated rings. The molecule has 32 heavy (non-hydrogen) atoms. The fourth-order valence-corrected chi connectivity index (χ4v) is 3.44. The van der Waals surface area contributed by atoms with Crippen LogP contribution in [0.2, 0.25) is 5.02 Å². The SMILES string of the molecule is CC1Cn2nc(C(=O)Nc3n[nH]c(-c4ccc(Cl)cc4)n3)cc2CN1C(=O)OC(C)(C)C. The number of rotatable bonds is 3.